The Morgan fingerprint density at radius 3 is 2.75 bits per heavy atom. The Labute approximate surface area is 99.6 Å². The number of likely N-dealkylation sites (tertiary alicyclic amines) is 1. The molecule has 1 heterocycles. The van der Waals surface area contributed by atoms with Crippen LogP contribution in [0.1, 0.15) is 52.9 Å². The van der Waals surface area contributed by atoms with Gasteiger partial charge in [-0.2, -0.15) is 0 Å². The van der Waals surface area contributed by atoms with Crippen molar-refractivity contribution in [2.45, 2.75) is 58.9 Å². The number of nitrogens with zero attached hydrogens (tertiary/aromatic N) is 1. The van der Waals surface area contributed by atoms with Crippen molar-refractivity contribution in [1.82, 2.24) is 10.2 Å². The van der Waals surface area contributed by atoms with E-state index in [-0.39, 0.29) is 12.1 Å². The summed E-state index contributed by atoms with van der Waals surface area (Å²) in [6.45, 7) is 8.13. The van der Waals surface area contributed by atoms with E-state index in [2.05, 4.69) is 12.2 Å². The number of hydrogen-bond donors (Lipinski definition) is 1. The molecule has 1 aliphatic rings. The van der Waals surface area contributed by atoms with Gasteiger partial charge in [-0.05, 0) is 39.0 Å². The Morgan fingerprint density at radius 2 is 2.12 bits per heavy atom. The fourth-order valence-electron chi connectivity index (χ4n) is 2.40. The second kappa shape index (κ2) is 6.77. The lowest BCUT2D eigenvalue weighted by atomic mass is 9.96. The Bertz CT molecular complexity index is 216. The topological polar surface area (TPSA) is 32.3 Å². The highest BCUT2D eigenvalue weighted by Gasteiger charge is 2.20. The molecule has 0 aliphatic carbocycles. The lowest BCUT2D eigenvalue weighted by molar-refractivity contribution is 0.196. The zero-order valence-corrected chi connectivity index (χ0v) is 11.0. The molecule has 1 N–H and O–H groups in total. The number of nitrogens with one attached hydrogen (secondary N) is 1. The SMILES string of the molecule is CCCC1CCCN(C(=O)NC(C)C)CC1. The monoisotopic (exact) mass is 226 g/mol. The maximum Gasteiger partial charge on any atom is 0.317 e. The van der Waals surface area contributed by atoms with E-state index in [4.69, 9.17) is 0 Å². The summed E-state index contributed by atoms with van der Waals surface area (Å²) in [5, 5.41) is 2.97. The summed E-state index contributed by atoms with van der Waals surface area (Å²) in [6, 6.07) is 0.356. The van der Waals surface area contributed by atoms with E-state index in [0.29, 0.717) is 0 Å². The molecule has 0 spiro atoms. The van der Waals surface area contributed by atoms with E-state index in [1.165, 1.54) is 25.7 Å². The maximum atomic E-state index is 11.8. The predicted molar refractivity (Wildman–Crippen MR) is 67.5 cm³/mol. The largest absolute Gasteiger partial charge is 0.336 e. The number of carbonyl (C=O) groups excluding carboxylic acids is 1. The first-order valence-electron chi connectivity index (χ1n) is 6.69. The third kappa shape index (κ3) is 4.42. The molecular weight excluding hydrogens is 200 g/mol. The summed E-state index contributed by atoms with van der Waals surface area (Å²) >= 11 is 0. The number of hydrogen-bond acceptors (Lipinski definition) is 1. The summed E-state index contributed by atoms with van der Waals surface area (Å²) in [5.41, 5.74) is 0. The molecule has 0 aromatic rings. The molecule has 94 valence electrons. The number of urea groups is 1. The summed E-state index contributed by atoms with van der Waals surface area (Å²) in [5.74, 6) is 0.835. The van der Waals surface area contributed by atoms with Crippen molar-refractivity contribution in [1.29, 1.82) is 0 Å². The van der Waals surface area contributed by atoms with Gasteiger partial charge in [0.25, 0.3) is 0 Å². The highest BCUT2D eigenvalue weighted by molar-refractivity contribution is 5.74. The van der Waals surface area contributed by atoms with Crippen molar-refractivity contribution in [3.05, 3.63) is 0 Å². The third-order valence-electron chi connectivity index (χ3n) is 3.24. The van der Waals surface area contributed by atoms with Gasteiger partial charge in [0.05, 0.1) is 0 Å². The lowest BCUT2D eigenvalue weighted by Gasteiger charge is -2.22. The molecule has 0 bridgehead atoms. The zero-order chi connectivity index (χ0) is 12.0. The van der Waals surface area contributed by atoms with E-state index >= 15 is 0 Å². The van der Waals surface area contributed by atoms with E-state index in [1.807, 2.05) is 18.7 Å². The summed E-state index contributed by atoms with van der Waals surface area (Å²) in [4.78, 5) is 13.8. The van der Waals surface area contributed by atoms with E-state index in [0.717, 1.165) is 25.4 Å². The minimum absolute atomic E-state index is 0.118. The third-order valence-corrected chi connectivity index (χ3v) is 3.24. The first kappa shape index (κ1) is 13.3. The quantitative estimate of drug-likeness (QED) is 0.788. The average Bonchev–Trinajstić information content (AvgIpc) is 2.43. The second-order valence-electron chi connectivity index (χ2n) is 5.18. The van der Waals surface area contributed by atoms with Crippen molar-refractivity contribution in [2.24, 2.45) is 5.92 Å². The summed E-state index contributed by atoms with van der Waals surface area (Å²) in [7, 11) is 0. The smallest absolute Gasteiger partial charge is 0.317 e. The molecule has 2 amide bonds. The predicted octanol–water partition coefficient (Wildman–Crippen LogP) is 3.01. The molecule has 1 atom stereocenters. The maximum absolute atomic E-state index is 11.8. The van der Waals surface area contributed by atoms with Crippen LogP contribution < -0.4 is 5.32 Å². The average molecular weight is 226 g/mol. The standard InChI is InChI=1S/C13H26N2O/c1-4-6-12-7-5-9-15(10-8-12)13(16)14-11(2)3/h11-12H,4-10H2,1-3H3,(H,14,16). The molecule has 1 fully saturated rings. The van der Waals surface area contributed by atoms with Crippen LogP contribution >= 0.6 is 0 Å². The van der Waals surface area contributed by atoms with Gasteiger partial charge in [-0.15, -0.1) is 0 Å². The molecule has 3 heteroatoms. The van der Waals surface area contributed by atoms with E-state index in [9.17, 15) is 4.79 Å². The highest BCUT2D eigenvalue weighted by atomic mass is 16.2. The van der Waals surface area contributed by atoms with Crippen LogP contribution in [0.3, 0.4) is 0 Å². The van der Waals surface area contributed by atoms with Crippen molar-refractivity contribution >= 4 is 6.03 Å². The van der Waals surface area contributed by atoms with Crippen molar-refractivity contribution in [3.63, 3.8) is 0 Å². The first-order chi connectivity index (χ1) is 7.63. The molecule has 1 saturated heterocycles. The zero-order valence-electron chi connectivity index (χ0n) is 11.0. The Morgan fingerprint density at radius 1 is 1.38 bits per heavy atom. The van der Waals surface area contributed by atoms with Crippen LogP contribution in [0.5, 0.6) is 0 Å². The van der Waals surface area contributed by atoms with Gasteiger partial charge in [-0.25, -0.2) is 4.79 Å². The van der Waals surface area contributed by atoms with Crippen LogP contribution in [0, 0.1) is 5.92 Å². The molecule has 1 aliphatic heterocycles. The molecule has 0 aromatic carbocycles. The van der Waals surface area contributed by atoms with Crippen molar-refractivity contribution in [3.8, 4) is 0 Å². The Balaban J connectivity index is 2.37. The first-order valence-corrected chi connectivity index (χ1v) is 6.69. The number of amides is 2. The minimum Gasteiger partial charge on any atom is -0.336 e. The van der Waals surface area contributed by atoms with Crippen molar-refractivity contribution < 1.29 is 4.79 Å². The molecule has 0 saturated carbocycles. The Kier molecular flexibility index (Phi) is 5.64. The van der Waals surface area contributed by atoms with Gasteiger partial charge in [0.15, 0.2) is 0 Å². The molecule has 3 nitrogen and oxygen atoms in total. The van der Waals surface area contributed by atoms with Crippen LogP contribution in [0.2, 0.25) is 0 Å². The molecule has 1 unspecified atom stereocenters. The van der Waals surface area contributed by atoms with Gasteiger partial charge in [0.2, 0.25) is 0 Å². The van der Waals surface area contributed by atoms with Crippen LogP contribution in [0.15, 0.2) is 0 Å². The van der Waals surface area contributed by atoms with Gasteiger partial charge >= 0.3 is 6.03 Å². The molecule has 0 aromatic heterocycles. The van der Waals surface area contributed by atoms with E-state index < -0.39 is 0 Å². The molecule has 1 rings (SSSR count). The number of carbonyl (C=O) groups is 1. The number of rotatable bonds is 3. The molecular formula is C13H26N2O. The fourth-order valence-corrected chi connectivity index (χ4v) is 2.40. The van der Waals surface area contributed by atoms with Gasteiger partial charge in [0, 0.05) is 19.1 Å². The molecule has 0 radical (unpaired) electrons. The normalized spacial score (nSPS) is 22.0. The van der Waals surface area contributed by atoms with Gasteiger partial charge in [-0.3, -0.25) is 0 Å². The molecule has 16 heavy (non-hydrogen) atoms. The van der Waals surface area contributed by atoms with Gasteiger partial charge < -0.3 is 10.2 Å². The Hall–Kier alpha value is -0.730. The van der Waals surface area contributed by atoms with Gasteiger partial charge in [-0.1, -0.05) is 19.8 Å². The highest BCUT2D eigenvalue weighted by Crippen LogP contribution is 2.21. The van der Waals surface area contributed by atoms with Crippen LogP contribution in [-0.2, 0) is 0 Å². The van der Waals surface area contributed by atoms with Crippen LogP contribution in [0.25, 0.3) is 0 Å². The van der Waals surface area contributed by atoms with Crippen LogP contribution in [0.4, 0.5) is 4.79 Å². The lowest BCUT2D eigenvalue weighted by Crippen LogP contribution is -2.43. The van der Waals surface area contributed by atoms with E-state index in [1.54, 1.807) is 0 Å². The van der Waals surface area contributed by atoms with Gasteiger partial charge in [0.1, 0.15) is 0 Å². The fraction of sp³-hybridized carbons (Fsp3) is 0.923. The second-order valence-corrected chi connectivity index (χ2v) is 5.18. The van der Waals surface area contributed by atoms with Crippen molar-refractivity contribution in [2.75, 3.05) is 13.1 Å². The summed E-state index contributed by atoms with van der Waals surface area (Å²) < 4.78 is 0. The van der Waals surface area contributed by atoms with Crippen LogP contribution in [-0.4, -0.2) is 30.1 Å². The minimum atomic E-state index is 0.118. The summed E-state index contributed by atoms with van der Waals surface area (Å²) in [6.07, 6.45) is 6.22.